The Morgan fingerprint density at radius 3 is 2.50 bits per heavy atom. The highest BCUT2D eigenvalue weighted by Crippen LogP contribution is 2.17. The van der Waals surface area contributed by atoms with Crippen LogP contribution in [0.4, 0.5) is 0 Å². The third-order valence-electron chi connectivity index (χ3n) is 7.76. The van der Waals surface area contributed by atoms with Gasteiger partial charge in [0.25, 0.3) is 5.91 Å². The van der Waals surface area contributed by atoms with Crippen molar-refractivity contribution in [3.63, 3.8) is 0 Å². The maximum Gasteiger partial charge on any atom is 0.251 e. The number of ether oxygens (including phenoxy) is 1. The van der Waals surface area contributed by atoms with E-state index in [0.29, 0.717) is 12.2 Å². The Kier molecular flexibility index (Phi) is 9.53. The summed E-state index contributed by atoms with van der Waals surface area (Å²) in [5, 5.41) is 8.15. The number of aromatic nitrogens is 2. The second-order valence-electron chi connectivity index (χ2n) is 11.2. The van der Waals surface area contributed by atoms with E-state index in [0.717, 1.165) is 16.6 Å². The highest BCUT2D eigenvalue weighted by Gasteiger charge is 2.37. The number of para-hydroxylation sites is 2. The van der Waals surface area contributed by atoms with Gasteiger partial charge >= 0.3 is 0 Å². The van der Waals surface area contributed by atoms with Crippen molar-refractivity contribution in [1.29, 1.82) is 0 Å². The van der Waals surface area contributed by atoms with E-state index >= 15 is 0 Å². The third kappa shape index (κ3) is 7.59. The summed E-state index contributed by atoms with van der Waals surface area (Å²) in [5.41, 5.74) is 2.51. The van der Waals surface area contributed by atoms with Gasteiger partial charge in [-0.15, -0.1) is 0 Å². The van der Waals surface area contributed by atoms with Gasteiger partial charge in [0.1, 0.15) is 17.9 Å². The van der Waals surface area contributed by atoms with E-state index in [2.05, 4.69) is 25.9 Å². The third-order valence-corrected chi connectivity index (χ3v) is 7.76. The predicted molar refractivity (Wildman–Crippen MR) is 160 cm³/mol. The predicted octanol–water partition coefficient (Wildman–Crippen LogP) is -0.0881. The summed E-state index contributed by atoms with van der Waals surface area (Å²) in [5.74, 6) is -1.53. The lowest BCUT2D eigenvalue weighted by molar-refractivity contribution is -0.157. The molecule has 2 aromatic carbocycles. The van der Waals surface area contributed by atoms with Crippen molar-refractivity contribution in [2.75, 3.05) is 33.2 Å². The van der Waals surface area contributed by atoms with Crippen LogP contribution in [0, 0.1) is 0 Å². The van der Waals surface area contributed by atoms with Crippen LogP contribution in [0.2, 0.25) is 0 Å². The van der Waals surface area contributed by atoms with Gasteiger partial charge in [-0.05, 0) is 24.6 Å². The van der Waals surface area contributed by atoms with Crippen molar-refractivity contribution < 1.29 is 28.7 Å². The van der Waals surface area contributed by atoms with E-state index in [9.17, 15) is 24.0 Å². The number of fused-ring (bicyclic) bond motifs is 3. The summed E-state index contributed by atoms with van der Waals surface area (Å²) in [6.45, 7) is 1.39. The number of likely N-dealkylation sites (N-methyl/N-ethyl adjacent to an activating group) is 1. The Balaban J connectivity index is 1.35. The topological polar surface area (TPSA) is 166 Å². The average Bonchev–Trinajstić information content (AvgIpc) is 3.44. The Morgan fingerprint density at radius 1 is 0.977 bits per heavy atom. The van der Waals surface area contributed by atoms with E-state index in [-0.39, 0.29) is 44.9 Å². The molecule has 5 rings (SSSR count). The number of imidazole rings is 1. The molecule has 2 aliphatic heterocycles. The number of hydrogen-bond donors (Lipinski definition) is 4. The van der Waals surface area contributed by atoms with E-state index in [1.165, 1.54) is 18.9 Å². The van der Waals surface area contributed by atoms with Gasteiger partial charge in [0.15, 0.2) is 6.10 Å². The second-order valence-corrected chi connectivity index (χ2v) is 11.2. The van der Waals surface area contributed by atoms with Gasteiger partial charge in [-0.25, -0.2) is 4.98 Å². The number of carbonyl (C=O) groups is 5. The fraction of sp³-hybridized carbons (Fsp3) is 0.419. The standard InChI is InChI=1S/C31H37N7O6/c1-19-29(41)32-15-21-16-38(28(40)13-12-26-34-22-10-6-7-11-23(22)35-26)17-25(44-21)30(42)36-24(14-20-8-4-3-5-9-20)31(43)37(2)18-27(39)33-19/h3-11,19,21,24-25H,12-18H2,1-2H3,(H,32,41)(H,33,39)(H,34,35)(H,36,42)/t19-,21+,24-,25-/m1/s1. The number of nitrogens with zero attached hydrogens (tertiary/aromatic N) is 3. The molecule has 2 bridgehead atoms. The first-order chi connectivity index (χ1) is 21.2. The molecule has 3 aromatic rings. The Morgan fingerprint density at radius 2 is 1.73 bits per heavy atom. The number of rotatable bonds is 5. The van der Waals surface area contributed by atoms with Crippen LogP contribution in [0.3, 0.4) is 0 Å². The molecule has 5 amide bonds. The van der Waals surface area contributed by atoms with Crippen LogP contribution in [-0.2, 0) is 41.6 Å². The van der Waals surface area contributed by atoms with Crippen molar-refractivity contribution >= 4 is 40.6 Å². The monoisotopic (exact) mass is 603 g/mol. The van der Waals surface area contributed by atoms with E-state index < -0.39 is 47.9 Å². The summed E-state index contributed by atoms with van der Waals surface area (Å²) < 4.78 is 6.07. The minimum absolute atomic E-state index is 0.0163. The number of hydrogen-bond acceptors (Lipinski definition) is 7. The molecular formula is C31H37N7O6. The van der Waals surface area contributed by atoms with Crippen LogP contribution in [0.25, 0.3) is 11.0 Å². The van der Waals surface area contributed by atoms with Crippen LogP contribution < -0.4 is 16.0 Å². The van der Waals surface area contributed by atoms with Gasteiger partial charge in [-0.3, -0.25) is 24.0 Å². The molecule has 4 N–H and O–H groups in total. The zero-order chi connectivity index (χ0) is 31.2. The summed E-state index contributed by atoms with van der Waals surface area (Å²) >= 11 is 0. The number of benzene rings is 2. The Hall–Kier alpha value is -4.78. The van der Waals surface area contributed by atoms with Gasteiger partial charge in [0.05, 0.1) is 30.2 Å². The van der Waals surface area contributed by atoms with Crippen molar-refractivity contribution in [2.45, 2.75) is 50.5 Å². The number of nitrogens with one attached hydrogen (secondary N) is 4. The number of carbonyl (C=O) groups excluding carboxylic acids is 5. The molecule has 4 atom stereocenters. The molecule has 2 fully saturated rings. The first-order valence-corrected chi connectivity index (χ1v) is 14.7. The quantitative estimate of drug-likeness (QED) is 0.316. The fourth-order valence-electron chi connectivity index (χ4n) is 5.40. The molecule has 0 radical (unpaired) electrons. The molecule has 2 saturated heterocycles. The van der Waals surface area contributed by atoms with Gasteiger partial charge in [-0.2, -0.15) is 0 Å². The lowest BCUT2D eigenvalue weighted by atomic mass is 10.0. The highest BCUT2D eigenvalue weighted by atomic mass is 16.5. The minimum Gasteiger partial charge on any atom is -0.360 e. The summed E-state index contributed by atoms with van der Waals surface area (Å²) in [6, 6.07) is 14.9. The van der Waals surface area contributed by atoms with Gasteiger partial charge < -0.3 is 35.5 Å². The Bertz CT molecular complexity index is 1490. The lowest BCUT2D eigenvalue weighted by Crippen LogP contribution is -2.59. The minimum atomic E-state index is -1.08. The number of morpholine rings is 1. The maximum absolute atomic E-state index is 13.6. The second kappa shape index (κ2) is 13.7. The molecule has 0 spiro atoms. The van der Waals surface area contributed by atoms with Crippen LogP contribution in [-0.4, -0.2) is 107 Å². The van der Waals surface area contributed by atoms with Gasteiger partial charge in [0.2, 0.25) is 23.6 Å². The zero-order valence-electron chi connectivity index (χ0n) is 24.7. The molecule has 232 valence electrons. The number of H-pyrrole nitrogens is 1. The molecule has 0 unspecified atom stereocenters. The number of aromatic amines is 1. The zero-order valence-corrected chi connectivity index (χ0v) is 24.7. The molecule has 1 aromatic heterocycles. The van der Waals surface area contributed by atoms with E-state index in [1.807, 2.05) is 54.6 Å². The van der Waals surface area contributed by atoms with E-state index in [1.54, 1.807) is 4.90 Å². The molecule has 44 heavy (non-hydrogen) atoms. The van der Waals surface area contributed by atoms with Crippen LogP contribution in [0.1, 0.15) is 24.7 Å². The van der Waals surface area contributed by atoms with Gasteiger partial charge in [0, 0.05) is 39.4 Å². The summed E-state index contributed by atoms with van der Waals surface area (Å²) in [7, 11) is 1.46. The molecule has 0 aliphatic carbocycles. The number of aryl methyl sites for hydroxylation is 1. The van der Waals surface area contributed by atoms with Gasteiger partial charge in [-0.1, -0.05) is 42.5 Å². The molecule has 13 heteroatoms. The SMILES string of the molecule is C[C@H]1NC(=O)CN(C)C(=O)[C@@H](Cc2ccccc2)NC(=O)[C@H]2CN(C(=O)CCc3nc4ccccc4[nH]3)C[C@H](CNC1=O)O2. The average molecular weight is 604 g/mol. The molecule has 3 heterocycles. The normalized spacial score (nSPS) is 23.8. The first kappa shape index (κ1) is 30.7. The molecule has 0 saturated carbocycles. The Labute approximate surface area is 254 Å². The fourth-order valence-corrected chi connectivity index (χ4v) is 5.40. The molecule has 2 aliphatic rings. The van der Waals surface area contributed by atoms with Crippen molar-refractivity contribution in [2.24, 2.45) is 0 Å². The van der Waals surface area contributed by atoms with Crippen LogP contribution >= 0.6 is 0 Å². The molecular weight excluding hydrogens is 566 g/mol. The number of amides is 5. The maximum atomic E-state index is 13.6. The van der Waals surface area contributed by atoms with E-state index in [4.69, 9.17) is 4.74 Å². The largest absolute Gasteiger partial charge is 0.360 e. The van der Waals surface area contributed by atoms with Crippen LogP contribution in [0.5, 0.6) is 0 Å². The lowest BCUT2D eigenvalue weighted by Gasteiger charge is -2.38. The van der Waals surface area contributed by atoms with Crippen molar-refractivity contribution in [3.8, 4) is 0 Å². The summed E-state index contributed by atoms with van der Waals surface area (Å²) in [4.78, 5) is 76.4. The highest BCUT2D eigenvalue weighted by molar-refractivity contribution is 5.93. The van der Waals surface area contributed by atoms with Crippen LogP contribution in [0.15, 0.2) is 54.6 Å². The van der Waals surface area contributed by atoms with Crippen molar-refractivity contribution in [1.82, 2.24) is 35.7 Å². The van der Waals surface area contributed by atoms with Crippen molar-refractivity contribution in [3.05, 3.63) is 66.0 Å². The summed E-state index contributed by atoms with van der Waals surface area (Å²) in [6.07, 6.45) is -1.07. The molecule has 13 nitrogen and oxygen atoms in total. The smallest absolute Gasteiger partial charge is 0.251 e. The first-order valence-electron chi connectivity index (χ1n) is 14.7.